The van der Waals surface area contributed by atoms with E-state index in [-0.39, 0.29) is 17.3 Å². The molecule has 0 fully saturated rings. The molecule has 0 unspecified atom stereocenters. The molecule has 0 saturated carbocycles. The van der Waals surface area contributed by atoms with Crippen LogP contribution in [0.5, 0.6) is 5.75 Å². The number of aromatic amines is 1. The van der Waals surface area contributed by atoms with Crippen LogP contribution in [0.1, 0.15) is 32.3 Å². The summed E-state index contributed by atoms with van der Waals surface area (Å²) in [6.07, 6.45) is 4.34. The average Bonchev–Trinajstić information content (AvgIpc) is 3.25. The van der Waals surface area contributed by atoms with Crippen molar-refractivity contribution in [1.29, 1.82) is 0 Å². The standard InChI is InChI=1S/C25H34N8O4S/c1-6-20-23-29-22(30-25(34)33(23)17(4)28-20)19-16-18(10-11-21(19)37-8-3)38(35,36)31(5)14-15-32(7-2)24-26-12-9-13-27-24/h9-12,16H,6-8,13-15H2,1-5H3,(H,26,27)(H,29,30,34). The number of ether oxygens (including phenoxy) is 1. The van der Waals surface area contributed by atoms with Crippen LogP contribution in [0, 0.1) is 6.92 Å². The molecule has 3 heterocycles. The number of nitrogens with one attached hydrogen (secondary N) is 2. The summed E-state index contributed by atoms with van der Waals surface area (Å²) in [6, 6.07) is 4.60. The van der Waals surface area contributed by atoms with Crippen LogP contribution in [0.3, 0.4) is 0 Å². The Labute approximate surface area is 222 Å². The van der Waals surface area contributed by atoms with Crippen LogP contribution in [-0.2, 0) is 16.4 Å². The van der Waals surface area contributed by atoms with Crippen molar-refractivity contribution in [3.63, 3.8) is 0 Å². The van der Waals surface area contributed by atoms with Gasteiger partial charge in [0.1, 0.15) is 17.4 Å². The number of fused-ring (bicyclic) bond motifs is 1. The monoisotopic (exact) mass is 542 g/mol. The third kappa shape index (κ3) is 5.29. The number of hydrogen-bond acceptors (Lipinski definition) is 9. The van der Waals surface area contributed by atoms with Crippen LogP contribution in [0.25, 0.3) is 17.0 Å². The number of rotatable bonds is 10. The van der Waals surface area contributed by atoms with Gasteiger partial charge in [-0.25, -0.2) is 32.6 Å². The molecule has 0 atom stereocenters. The van der Waals surface area contributed by atoms with Crippen molar-refractivity contribution in [1.82, 2.24) is 33.9 Å². The SMILES string of the molecule is CCOc1ccc(S(=O)(=O)N(C)CCN(CC)C2=NCC=CN2)cc1-c1nc2c(CC)nc(C)n2c(=O)[nH]1. The number of sulfonamides is 1. The molecule has 2 N–H and O–H groups in total. The van der Waals surface area contributed by atoms with Crippen molar-refractivity contribution in [3.8, 4) is 17.1 Å². The second kappa shape index (κ2) is 11.4. The zero-order valence-corrected chi connectivity index (χ0v) is 23.2. The Morgan fingerprint density at radius 1 is 1.16 bits per heavy atom. The van der Waals surface area contributed by atoms with Gasteiger partial charge in [-0.15, -0.1) is 0 Å². The first-order valence-corrected chi connectivity index (χ1v) is 14.1. The zero-order valence-electron chi connectivity index (χ0n) is 22.4. The molecule has 1 aliphatic rings. The number of aryl methyl sites for hydroxylation is 2. The van der Waals surface area contributed by atoms with Crippen molar-refractivity contribution >= 4 is 21.6 Å². The lowest BCUT2D eigenvalue weighted by Gasteiger charge is -2.28. The minimum Gasteiger partial charge on any atom is -0.493 e. The van der Waals surface area contributed by atoms with E-state index >= 15 is 0 Å². The highest BCUT2D eigenvalue weighted by molar-refractivity contribution is 7.89. The van der Waals surface area contributed by atoms with Crippen LogP contribution in [-0.4, -0.2) is 82.8 Å². The summed E-state index contributed by atoms with van der Waals surface area (Å²) in [5.74, 6) is 1.89. The maximum Gasteiger partial charge on any atom is 0.334 e. The highest BCUT2D eigenvalue weighted by atomic mass is 32.2. The summed E-state index contributed by atoms with van der Waals surface area (Å²) in [5, 5.41) is 3.11. The van der Waals surface area contributed by atoms with E-state index in [4.69, 9.17) is 4.74 Å². The van der Waals surface area contributed by atoms with Crippen LogP contribution >= 0.6 is 0 Å². The number of H-pyrrole nitrogens is 1. The van der Waals surface area contributed by atoms with Crippen molar-refractivity contribution in [2.75, 3.05) is 39.8 Å². The van der Waals surface area contributed by atoms with Gasteiger partial charge in [0.15, 0.2) is 11.6 Å². The number of imidazole rings is 1. The summed E-state index contributed by atoms with van der Waals surface area (Å²) < 4.78 is 35.6. The zero-order chi connectivity index (χ0) is 27.4. The maximum atomic E-state index is 13.5. The Morgan fingerprint density at radius 3 is 2.61 bits per heavy atom. The highest BCUT2D eigenvalue weighted by Crippen LogP contribution is 2.31. The maximum absolute atomic E-state index is 13.5. The van der Waals surface area contributed by atoms with E-state index in [1.807, 2.05) is 37.9 Å². The first-order valence-electron chi connectivity index (χ1n) is 12.6. The number of aliphatic imine (C=N–C) groups is 1. The van der Waals surface area contributed by atoms with E-state index in [1.54, 1.807) is 20.0 Å². The third-order valence-electron chi connectivity index (χ3n) is 6.33. The lowest BCUT2D eigenvalue weighted by molar-refractivity contribution is 0.341. The molecule has 0 amide bonds. The third-order valence-corrected chi connectivity index (χ3v) is 8.18. The molecular formula is C25H34N8O4S. The number of guanidine groups is 1. The Balaban J connectivity index is 1.68. The molecule has 1 aliphatic heterocycles. The minimum absolute atomic E-state index is 0.0699. The molecule has 12 nitrogen and oxygen atoms in total. The normalized spacial score (nSPS) is 13.6. The molecule has 1 aromatic carbocycles. The topological polar surface area (TPSA) is 137 Å². The van der Waals surface area contributed by atoms with Gasteiger partial charge in [-0.1, -0.05) is 6.92 Å². The Kier molecular flexibility index (Phi) is 8.17. The number of hydrogen-bond donors (Lipinski definition) is 2. The smallest absolute Gasteiger partial charge is 0.334 e. The van der Waals surface area contributed by atoms with Crippen LogP contribution < -0.4 is 15.7 Å². The van der Waals surface area contributed by atoms with Gasteiger partial charge >= 0.3 is 5.69 Å². The van der Waals surface area contributed by atoms with E-state index in [2.05, 4.69) is 25.3 Å². The average molecular weight is 543 g/mol. The minimum atomic E-state index is -3.86. The first-order chi connectivity index (χ1) is 18.2. The van der Waals surface area contributed by atoms with E-state index in [0.717, 1.165) is 5.96 Å². The molecule has 0 radical (unpaired) electrons. The largest absolute Gasteiger partial charge is 0.493 e. The fourth-order valence-electron chi connectivity index (χ4n) is 4.26. The number of aromatic nitrogens is 4. The summed E-state index contributed by atoms with van der Waals surface area (Å²) in [5.41, 5.74) is 1.09. The molecule has 4 rings (SSSR count). The molecule has 3 aromatic rings. The van der Waals surface area contributed by atoms with Gasteiger partial charge in [0.2, 0.25) is 10.0 Å². The van der Waals surface area contributed by atoms with Gasteiger partial charge in [-0.2, -0.15) is 4.31 Å². The Morgan fingerprint density at radius 2 is 1.95 bits per heavy atom. The Bertz CT molecular complexity index is 1540. The van der Waals surface area contributed by atoms with E-state index < -0.39 is 15.7 Å². The highest BCUT2D eigenvalue weighted by Gasteiger charge is 2.25. The lowest BCUT2D eigenvalue weighted by atomic mass is 10.2. The fraction of sp³-hybridized carbons (Fsp3) is 0.440. The second-order valence-electron chi connectivity index (χ2n) is 8.72. The summed E-state index contributed by atoms with van der Waals surface area (Å²) in [4.78, 5) is 31.3. The van der Waals surface area contributed by atoms with Crippen molar-refractivity contribution in [2.24, 2.45) is 4.99 Å². The number of benzene rings is 1. The fourth-order valence-corrected chi connectivity index (χ4v) is 5.45. The quantitative estimate of drug-likeness (QED) is 0.396. The predicted molar refractivity (Wildman–Crippen MR) is 146 cm³/mol. The summed E-state index contributed by atoms with van der Waals surface area (Å²) >= 11 is 0. The van der Waals surface area contributed by atoms with Gasteiger partial charge in [0.05, 0.1) is 29.3 Å². The van der Waals surface area contributed by atoms with Crippen molar-refractivity contribution in [2.45, 2.75) is 39.0 Å². The van der Waals surface area contributed by atoms with Crippen LogP contribution in [0.15, 0.2) is 45.2 Å². The molecule has 204 valence electrons. The molecule has 0 saturated heterocycles. The number of likely N-dealkylation sites (N-methyl/N-ethyl adjacent to an activating group) is 2. The van der Waals surface area contributed by atoms with Crippen molar-refractivity contribution < 1.29 is 13.2 Å². The van der Waals surface area contributed by atoms with Gasteiger partial charge in [0.25, 0.3) is 0 Å². The molecular weight excluding hydrogens is 508 g/mol. The molecule has 2 aromatic heterocycles. The van der Waals surface area contributed by atoms with E-state index in [1.165, 1.54) is 20.8 Å². The van der Waals surface area contributed by atoms with Gasteiger partial charge < -0.3 is 15.0 Å². The molecule has 38 heavy (non-hydrogen) atoms. The van der Waals surface area contributed by atoms with Crippen LogP contribution in [0.2, 0.25) is 0 Å². The summed E-state index contributed by atoms with van der Waals surface area (Å²) in [6.45, 7) is 9.83. The first kappa shape index (κ1) is 27.3. The molecule has 0 bridgehead atoms. The van der Waals surface area contributed by atoms with E-state index in [9.17, 15) is 13.2 Å². The van der Waals surface area contributed by atoms with Crippen molar-refractivity contribution in [3.05, 3.63) is 52.5 Å². The van der Waals surface area contributed by atoms with E-state index in [0.29, 0.717) is 61.1 Å². The van der Waals surface area contributed by atoms with Gasteiger partial charge in [-0.05, 0) is 51.5 Å². The lowest BCUT2D eigenvalue weighted by Crippen LogP contribution is -2.44. The molecule has 0 spiro atoms. The second-order valence-corrected chi connectivity index (χ2v) is 10.8. The number of nitrogens with zero attached hydrogens (tertiary/aromatic N) is 6. The van der Waals surface area contributed by atoms with Crippen LogP contribution in [0.4, 0.5) is 0 Å². The predicted octanol–water partition coefficient (Wildman–Crippen LogP) is 1.77. The molecule has 13 heteroatoms. The Hall–Kier alpha value is -3.71. The summed E-state index contributed by atoms with van der Waals surface area (Å²) in [7, 11) is -2.31. The molecule has 0 aliphatic carbocycles. The van der Waals surface area contributed by atoms with Gasteiger partial charge in [0, 0.05) is 32.9 Å². The van der Waals surface area contributed by atoms with Gasteiger partial charge in [-0.3, -0.25) is 4.98 Å².